The van der Waals surface area contributed by atoms with Crippen molar-refractivity contribution >= 4 is 11.2 Å². The summed E-state index contributed by atoms with van der Waals surface area (Å²) >= 11 is 0. The Hall–Kier alpha value is -5.55. The second-order valence-corrected chi connectivity index (χ2v) is 9.53. The van der Waals surface area contributed by atoms with Crippen molar-refractivity contribution < 1.29 is 5.11 Å². The van der Waals surface area contributed by atoms with Crippen molar-refractivity contribution in [1.29, 1.82) is 0 Å². The van der Waals surface area contributed by atoms with Gasteiger partial charge in [0.1, 0.15) is 11.3 Å². The zero-order valence-electron chi connectivity index (χ0n) is 21.5. The lowest BCUT2D eigenvalue weighted by molar-refractivity contribution is 0.477. The number of aromatic nitrogens is 4. The zero-order chi connectivity index (χ0) is 26.9. The van der Waals surface area contributed by atoms with E-state index in [0.717, 1.165) is 44.7 Å². The number of para-hydroxylation sites is 2. The van der Waals surface area contributed by atoms with E-state index in [1.165, 1.54) is 0 Å². The van der Waals surface area contributed by atoms with E-state index >= 15 is 0 Å². The van der Waals surface area contributed by atoms with Crippen molar-refractivity contribution in [3.05, 3.63) is 140 Å². The summed E-state index contributed by atoms with van der Waals surface area (Å²) in [5.41, 5.74) is 9.11. The lowest BCUT2D eigenvalue weighted by atomic mass is 9.95. The van der Waals surface area contributed by atoms with Gasteiger partial charge in [-0.15, -0.1) is 0 Å². The van der Waals surface area contributed by atoms with Crippen LogP contribution in [0.4, 0.5) is 0 Å². The molecule has 190 valence electrons. The predicted octanol–water partition coefficient (Wildman–Crippen LogP) is 8.19. The average Bonchev–Trinajstić information content (AvgIpc) is 3.42. The zero-order valence-corrected chi connectivity index (χ0v) is 21.5. The molecule has 0 atom stereocenters. The molecule has 4 aromatic carbocycles. The summed E-state index contributed by atoms with van der Waals surface area (Å²) < 4.78 is 2.01. The number of phenols is 1. The highest BCUT2D eigenvalue weighted by Crippen LogP contribution is 2.38. The molecule has 40 heavy (non-hydrogen) atoms. The number of benzene rings is 4. The molecule has 0 saturated heterocycles. The van der Waals surface area contributed by atoms with Crippen LogP contribution < -0.4 is 0 Å². The highest BCUT2D eigenvalue weighted by molar-refractivity contribution is 5.95. The number of rotatable bonds is 5. The molecule has 0 saturated carbocycles. The van der Waals surface area contributed by atoms with Gasteiger partial charge in [-0.2, -0.15) is 0 Å². The molecule has 1 N–H and O–H groups in total. The summed E-state index contributed by atoms with van der Waals surface area (Å²) in [5, 5.41) is 10.8. The van der Waals surface area contributed by atoms with Crippen molar-refractivity contribution in [2.45, 2.75) is 0 Å². The standard InChI is InChI=1S/C35H24N4O/c40-32-17-8-7-15-30(32)34-38-33-29(18-20-37-35(33)39(34)28-13-5-2-6-14-28)26-21-25(24-11-3-1-4-12-24)22-27(23-26)31-16-9-10-19-36-31/h1-23,40H. The Labute approximate surface area is 231 Å². The van der Waals surface area contributed by atoms with E-state index in [4.69, 9.17) is 9.97 Å². The largest absolute Gasteiger partial charge is 0.507 e. The molecule has 0 aliphatic carbocycles. The minimum absolute atomic E-state index is 0.167. The fourth-order valence-electron chi connectivity index (χ4n) is 5.13. The molecule has 0 fully saturated rings. The van der Waals surface area contributed by atoms with Crippen LogP contribution in [0.5, 0.6) is 5.75 Å². The molecule has 0 unspecified atom stereocenters. The van der Waals surface area contributed by atoms with Crippen LogP contribution in [-0.4, -0.2) is 24.6 Å². The smallest absolute Gasteiger partial charge is 0.165 e. The van der Waals surface area contributed by atoms with Crippen LogP contribution in [0.1, 0.15) is 0 Å². The summed E-state index contributed by atoms with van der Waals surface area (Å²) in [6.45, 7) is 0. The molecule has 5 heteroatoms. The van der Waals surface area contributed by atoms with E-state index in [1.54, 1.807) is 6.07 Å². The van der Waals surface area contributed by atoms with Gasteiger partial charge in [0, 0.05) is 29.2 Å². The van der Waals surface area contributed by atoms with Gasteiger partial charge >= 0.3 is 0 Å². The monoisotopic (exact) mass is 516 g/mol. The molecule has 0 spiro atoms. The van der Waals surface area contributed by atoms with Crippen molar-refractivity contribution in [2.24, 2.45) is 0 Å². The van der Waals surface area contributed by atoms with Gasteiger partial charge in [-0.25, -0.2) is 9.97 Å². The fraction of sp³-hybridized carbons (Fsp3) is 0. The molecule has 0 aliphatic heterocycles. The van der Waals surface area contributed by atoms with E-state index in [2.05, 4.69) is 35.3 Å². The van der Waals surface area contributed by atoms with Gasteiger partial charge in [-0.3, -0.25) is 9.55 Å². The van der Waals surface area contributed by atoms with Crippen molar-refractivity contribution in [3.8, 4) is 56.3 Å². The average molecular weight is 517 g/mol. The number of pyridine rings is 2. The van der Waals surface area contributed by atoms with Crippen molar-refractivity contribution in [3.63, 3.8) is 0 Å². The molecular weight excluding hydrogens is 492 g/mol. The Morgan fingerprint density at radius 3 is 2.00 bits per heavy atom. The molecule has 0 amide bonds. The maximum atomic E-state index is 10.8. The molecular formula is C35H24N4O. The quantitative estimate of drug-likeness (QED) is 0.250. The molecule has 3 heterocycles. The minimum atomic E-state index is 0.167. The predicted molar refractivity (Wildman–Crippen MR) is 160 cm³/mol. The van der Waals surface area contributed by atoms with E-state index in [1.807, 2.05) is 108 Å². The van der Waals surface area contributed by atoms with Gasteiger partial charge in [0.05, 0.1) is 11.3 Å². The Morgan fingerprint density at radius 1 is 0.525 bits per heavy atom. The maximum Gasteiger partial charge on any atom is 0.165 e. The molecule has 0 bridgehead atoms. The summed E-state index contributed by atoms with van der Waals surface area (Å²) in [4.78, 5) is 14.5. The Bertz CT molecular complexity index is 1890. The van der Waals surface area contributed by atoms with E-state index in [-0.39, 0.29) is 5.75 Å². The number of fused-ring (bicyclic) bond motifs is 1. The maximum absolute atomic E-state index is 10.8. The highest BCUT2D eigenvalue weighted by atomic mass is 16.3. The van der Waals surface area contributed by atoms with Crippen LogP contribution in [0.3, 0.4) is 0 Å². The lowest BCUT2D eigenvalue weighted by Crippen LogP contribution is -1.98. The van der Waals surface area contributed by atoms with Crippen molar-refractivity contribution in [1.82, 2.24) is 19.5 Å². The summed E-state index contributed by atoms with van der Waals surface area (Å²) in [5.74, 6) is 0.795. The molecule has 5 nitrogen and oxygen atoms in total. The van der Waals surface area contributed by atoms with Crippen LogP contribution in [0, 0.1) is 0 Å². The number of nitrogens with zero attached hydrogens (tertiary/aromatic N) is 4. The highest BCUT2D eigenvalue weighted by Gasteiger charge is 2.21. The second kappa shape index (κ2) is 9.97. The van der Waals surface area contributed by atoms with Gasteiger partial charge in [-0.1, -0.05) is 66.7 Å². The lowest BCUT2D eigenvalue weighted by Gasteiger charge is -2.11. The van der Waals surface area contributed by atoms with Crippen molar-refractivity contribution in [2.75, 3.05) is 0 Å². The molecule has 0 aliphatic rings. The molecule has 7 rings (SSSR count). The second-order valence-electron chi connectivity index (χ2n) is 9.53. The summed E-state index contributed by atoms with van der Waals surface area (Å²) in [6.07, 6.45) is 3.64. The van der Waals surface area contributed by atoms with E-state index in [0.29, 0.717) is 17.0 Å². The summed E-state index contributed by atoms with van der Waals surface area (Å²) in [7, 11) is 0. The van der Waals surface area contributed by atoms with E-state index < -0.39 is 0 Å². The topological polar surface area (TPSA) is 63.8 Å². The van der Waals surface area contributed by atoms with Gasteiger partial charge < -0.3 is 5.11 Å². The van der Waals surface area contributed by atoms with Crippen LogP contribution >= 0.6 is 0 Å². The Balaban J connectivity index is 1.52. The molecule has 7 aromatic rings. The first-order valence-corrected chi connectivity index (χ1v) is 13.1. The number of aromatic hydroxyl groups is 1. The van der Waals surface area contributed by atoms with E-state index in [9.17, 15) is 5.11 Å². The first-order valence-electron chi connectivity index (χ1n) is 13.1. The van der Waals surface area contributed by atoms with Crippen LogP contribution in [0.15, 0.2) is 140 Å². The summed E-state index contributed by atoms with van der Waals surface area (Å²) in [6, 6.07) is 42.1. The Kier molecular flexibility index (Phi) is 5.87. The van der Waals surface area contributed by atoms with Gasteiger partial charge in [0.2, 0.25) is 0 Å². The van der Waals surface area contributed by atoms with Crippen LogP contribution in [-0.2, 0) is 0 Å². The number of hydrogen-bond donors (Lipinski definition) is 1. The van der Waals surface area contributed by atoms with Gasteiger partial charge in [0.25, 0.3) is 0 Å². The third-order valence-corrected chi connectivity index (χ3v) is 7.02. The first kappa shape index (κ1) is 23.6. The third kappa shape index (κ3) is 4.20. The number of hydrogen-bond acceptors (Lipinski definition) is 4. The van der Waals surface area contributed by atoms with Gasteiger partial charge in [-0.05, 0) is 77.4 Å². The Morgan fingerprint density at radius 2 is 1.23 bits per heavy atom. The fourth-order valence-corrected chi connectivity index (χ4v) is 5.13. The minimum Gasteiger partial charge on any atom is -0.507 e. The third-order valence-electron chi connectivity index (χ3n) is 7.02. The molecule has 0 radical (unpaired) electrons. The van der Waals surface area contributed by atoms with Crippen LogP contribution in [0.25, 0.3) is 61.8 Å². The number of imidazole rings is 1. The van der Waals surface area contributed by atoms with Crippen LogP contribution in [0.2, 0.25) is 0 Å². The normalized spacial score (nSPS) is 11.1. The number of phenolic OH excluding ortho intramolecular Hbond substituents is 1. The molecule has 3 aromatic heterocycles. The first-order chi connectivity index (χ1) is 19.8. The SMILES string of the molecule is Oc1ccccc1-c1nc2c(-c3cc(-c4ccccc4)cc(-c4ccccn4)c3)ccnc2n1-c1ccccc1. The van der Waals surface area contributed by atoms with Gasteiger partial charge in [0.15, 0.2) is 11.5 Å².